The number of aryl methyl sites for hydroxylation is 1. The Balaban J connectivity index is 1.76. The summed E-state index contributed by atoms with van der Waals surface area (Å²) < 4.78 is 15.1. The smallest absolute Gasteiger partial charge is 0.272 e. The minimum absolute atomic E-state index is 0.0914. The Morgan fingerprint density at radius 3 is 3.10 bits per heavy atom. The molecule has 2 aromatic rings. The van der Waals surface area contributed by atoms with Gasteiger partial charge in [0.05, 0.1) is 6.54 Å². The first kappa shape index (κ1) is 12.7. The maximum absolute atomic E-state index is 13.0. The number of rotatable bonds is 3. The van der Waals surface area contributed by atoms with Crippen molar-refractivity contribution in [1.29, 1.82) is 0 Å². The zero-order valence-electron chi connectivity index (χ0n) is 11.1. The van der Waals surface area contributed by atoms with Crippen LogP contribution in [0.3, 0.4) is 0 Å². The molecule has 6 nitrogen and oxygen atoms in total. The first-order chi connectivity index (χ1) is 9.65. The summed E-state index contributed by atoms with van der Waals surface area (Å²) >= 11 is 0. The summed E-state index contributed by atoms with van der Waals surface area (Å²) in [7, 11) is 1.64. The number of pyridine rings is 1. The lowest BCUT2D eigenvalue weighted by atomic mass is 10.3. The molecule has 7 heteroatoms. The second-order valence-corrected chi connectivity index (χ2v) is 4.79. The molecule has 0 saturated heterocycles. The van der Waals surface area contributed by atoms with Gasteiger partial charge in [0.15, 0.2) is 5.82 Å². The molecule has 2 aromatic heterocycles. The molecular weight excluding hydrogens is 261 g/mol. The predicted molar refractivity (Wildman–Crippen MR) is 68.3 cm³/mol. The number of carbonyl (C=O) groups is 1. The minimum atomic E-state index is -0.660. The van der Waals surface area contributed by atoms with Crippen LogP contribution >= 0.6 is 0 Å². The van der Waals surface area contributed by atoms with E-state index in [0.717, 1.165) is 31.0 Å². The van der Waals surface area contributed by atoms with Crippen molar-refractivity contribution in [3.63, 3.8) is 0 Å². The number of fused-ring (bicyclic) bond motifs is 1. The normalized spacial score (nSPS) is 13.3. The lowest BCUT2D eigenvalue weighted by molar-refractivity contribution is 0.0773. The number of halogens is 1. The Hall–Kier alpha value is -2.31. The Morgan fingerprint density at radius 2 is 2.30 bits per heavy atom. The van der Waals surface area contributed by atoms with Gasteiger partial charge >= 0.3 is 0 Å². The van der Waals surface area contributed by atoms with Gasteiger partial charge in [0.25, 0.3) is 5.91 Å². The van der Waals surface area contributed by atoms with Gasteiger partial charge in [0.2, 0.25) is 5.95 Å². The summed E-state index contributed by atoms with van der Waals surface area (Å²) in [6, 6.07) is 4.18. The quantitative estimate of drug-likeness (QED) is 0.785. The molecule has 0 unspecified atom stereocenters. The standard InChI is InChI=1S/C13H14FN5O/c1-18(13(20)9-4-2-5-10(14)15-9)8-12-17-16-11-6-3-7-19(11)12/h2,4-5H,3,6-8H2,1H3. The highest BCUT2D eigenvalue weighted by molar-refractivity contribution is 5.91. The van der Waals surface area contributed by atoms with Gasteiger partial charge in [0.1, 0.15) is 11.5 Å². The molecule has 1 aliphatic rings. The van der Waals surface area contributed by atoms with Crippen molar-refractivity contribution in [2.75, 3.05) is 7.05 Å². The van der Waals surface area contributed by atoms with Gasteiger partial charge < -0.3 is 9.47 Å². The van der Waals surface area contributed by atoms with Gasteiger partial charge in [-0.3, -0.25) is 4.79 Å². The maximum Gasteiger partial charge on any atom is 0.272 e. The van der Waals surface area contributed by atoms with Crippen molar-refractivity contribution < 1.29 is 9.18 Å². The van der Waals surface area contributed by atoms with Crippen LogP contribution in [0.15, 0.2) is 18.2 Å². The lowest BCUT2D eigenvalue weighted by Gasteiger charge is -2.16. The van der Waals surface area contributed by atoms with Crippen molar-refractivity contribution >= 4 is 5.91 Å². The van der Waals surface area contributed by atoms with Gasteiger partial charge in [-0.15, -0.1) is 10.2 Å². The molecule has 0 aromatic carbocycles. The third kappa shape index (κ3) is 2.26. The van der Waals surface area contributed by atoms with Crippen molar-refractivity contribution in [2.45, 2.75) is 25.9 Å². The van der Waals surface area contributed by atoms with E-state index in [1.54, 1.807) is 7.05 Å². The molecule has 20 heavy (non-hydrogen) atoms. The Bertz CT molecular complexity index is 654. The fourth-order valence-electron chi connectivity index (χ4n) is 2.33. The van der Waals surface area contributed by atoms with E-state index in [2.05, 4.69) is 15.2 Å². The van der Waals surface area contributed by atoms with Crippen LogP contribution in [0.25, 0.3) is 0 Å². The van der Waals surface area contributed by atoms with E-state index in [-0.39, 0.29) is 11.6 Å². The van der Waals surface area contributed by atoms with Gasteiger partial charge in [-0.05, 0) is 18.6 Å². The van der Waals surface area contributed by atoms with Crippen LogP contribution < -0.4 is 0 Å². The van der Waals surface area contributed by atoms with Crippen LogP contribution in [-0.2, 0) is 19.5 Å². The number of hydrogen-bond donors (Lipinski definition) is 0. The van der Waals surface area contributed by atoms with Crippen LogP contribution in [0.2, 0.25) is 0 Å². The average molecular weight is 275 g/mol. The zero-order valence-corrected chi connectivity index (χ0v) is 11.1. The molecule has 0 bridgehead atoms. The number of hydrogen-bond acceptors (Lipinski definition) is 4. The topological polar surface area (TPSA) is 63.9 Å². The molecule has 0 aliphatic carbocycles. The lowest BCUT2D eigenvalue weighted by Crippen LogP contribution is -2.28. The van der Waals surface area contributed by atoms with Gasteiger partial charge in [0, 0.05) is 20.0 Å². The molecule has 3 rings (SSSR count). The maximum atomic E-state index is 13.0. The Labute approximate surface area is 115 Å². The average Bonchev–Trinajstić information content (AvgIpc) is 3.03. The van der Waals surface area contributed by atoms with Crippen LogP contribution in [0, 0.1) is 5.95 Å². The molecule has 0 fully saturated rings. The fraction of sp³-hybridized carbons (Fsp3) is 0.385. The second-order valence-electron chi connectivity index (χ2n) is 4.79. The highest BCUT2D eigenvalue weighted by Crippen LogP contribution is 2.15. The number of carbonyl (C=O) groups excluding carboxylic acids is 1. The van der Waals surface area contributed by atoms with Crippen molar-refractivity contribution in [3.8, 4) is 0 Å². The van der Waals surface area contributed by atoms with Gasteiger partial charge in [-0.25, -0.2) is 4.98 Å². The van der Waals surface area contributed by atoms with E-state index in [0.29, 0.717) is 6.54 Å². The summed E-state index contributed by atoms with van der Waals surface area (Å²) in [5, 5.41) is 8.19. The molecule has 0 saturated carbocycles. The van der Waals surface area contributed by atoms with Crippen molar-refractivity contribution in [2.24, 2.45) is 0 Å². The van der Waals surface area contributed by atoms with Crippen molar-refractivity contribution in [3.05, 3.63) is 41.5 Å². The van der Waals surface area contributed by atoms with E-state index in [4.69, 9.17) is 0 Å². The first-order valence-electron chi connectivity index (χ1n) is 6.44. The zero-order chi connectivity index (χ0) is 14.1. The third-order valence-corrected chi connectivity index (χ3v) is 3.35. The largest absolute Gasteiger partial charge is 0.333 e. The van der Waals surface area contributed by atoms with E-state index in [9.17, 15) is 9.18 Å². The SMILES string of the molecule is CN(Cc1nnc2n1CCC2)C(=O)c1cccc(F)n1. The van der Waals surface area contributed by atoms with Crippen LogP contribution in [-0.4, -0.2) is 37.6 Å². The molecule has 0 atom stereocenters. The van der Waals surface area contributed by atoms with E-state index < -0.39 is 5.95 Å². The van der Waals surface area contributed by atoms with Gasteiger partial charge in [-0.2, -0.15) is 4.39 Å². The van der Waals surface area contributed by atoms with E-state index in [1.807, 2.05) is 4.57 Å². The molecule has 0 spiro atoms. The van der Waals surface area contributed by atoms with Crippen LogP contribution in [0.1, 0.15) is 28.6 Å². The summed E-state index contributed by atoms with van der Waals surface area (Å²) in [5.74, 6) is 0.724. The summed E-state index contributed by atoms with van der Waals surface area (Å²) in [6.07, 6.45) is 1.98. The Kier molecular flexibility index (Phi) is 3.17. The number of amides is 1. The molecular formula is C13H14FN5O. The number of aromatic nitrogens is 4. The number of nitrogens with zero attached hydrogens (tertiary/aromatic N) is 5. The van der Waals surface area contributed by atoms with Crippen LogP contribution in [0.5, 0.6) is 0 Å². The summed E-state index contributed by atoms with van der Waals surface area (Å²) in [5.41, 5.74) is 0.0914. The van der Waals surface area contributed by atoms with E-state index in [1.165, 1.54) is 23.1 Å². The Morgan fingerprint density at radius 1 is 1.45 bits per heavy atom. The highest BCUT2D eigenvalue weighted by Gasteiger charge is 2.21. The monoisotopic (exact) mass is 275 g/mol. The first-order valence-corrected chi connectivity index (χ1v) is 6.44. The second kappa shape index (κ2) is 4.99. The summed E-state index contributed by atoms with van der Waals surface area (Å²) in [4.78, 5) is 17.2. The highest BCUT2D eigenvalue weighted by atomic mass is 19.1. The summed E-state index contributed by atoms with van der Waals surface area (Å²) in [6.45, 7) is 1.22. The third-order valence-electron chi connectivity index (χ3n) is 3.35. The van der Waals surface area contributed by atoms with Crippen LogP contribution in [0.4, 0.5) is 4.39 Å². The fourth-order valence-corrected chi connectivity index (χ4v) is 2.33. The molecule has 3 heterocycles. The predicted octanol–water partition coefficient (Wildman–Crippen LogP) is 1.03. The molecule has 104 valence electrons. The molecule has 0 radical (unpaired) electrons. The van der Waals surface area contributed by atoms with Crippen molar-refractivity contribution in [1.82, 2.24) is 24.6 Å². The van der Waals surface area contributed by atoms with E-state index >= 15 is 0 Å². The minimum Gasteiger partial charge on any atom is -0.333 e. The molecule has 1 aliphatic heterocycles. The molecule has 1 amide bonds. The molecule has 0 N–H and O–H groups in total. The van der Waals surface area contributed by atoms with Gasteiger partial charge in [-0.1, -0.05) is 6.07 Å².